The second-order valence-corrected chi connectivity index (χ2v) is 11.1. The third-order valence-electron chi connectivity index (χ3n) is 8.93. The molecule has 2 aromatic rings. The Morgan fingerprint density at radius 2 is 1.42 bits per heavy atom. The van der Waals surface area contributed by atoms with Gasteiger partial charge in [-0.3, -0.25) is 4.79 Å². The molecular formula is C32H48NO5+. The molecule has 0 aliphatic heterocycles. The molecule has 6 heteroatoms. The van der Waals surface area contributed by atoms with Crippen molar-refractivity contribution in [2.45, 2.75) is 111 Å². The van der Waals surface area contributed by atoms with Crippen molar-refractivity contribution in [3.8, 4) is 5.75 Å². The van der Waals surface area contributed by atoms with Crippen LogP contribution in [0, 0.1) is 13.8 Å². The van der Waals surface area contributed by atoms with Gasteiger partial charge in [-0.2, -0.15) is 0 Å². The van der Waals surface area contributed by atoms with Gasteiger partial charge >= 0.3 is 5.97 Å². The Balaban J connectivity index is 2.47. The lowest BCUT2D eigenvalue weighted by atomic mass is 9.70. The molecule has 2 rings (SSSR count). The summed E-state index contributed by atoms with van der Waals surface area (Å²) in [6.07, 6.45) is 2.67. The van der Waals surface area contributed by atoms with E-state index in [9.17, 15) is 14.7 Å². The lowest BCUT2D eigenvalue weighted by molar-refractivity contribution is -0.147. The monoisotopic (exact) mass is 526 g/mol. The van der Waals surface area contributed by atoms with E-state index >= 15 is 0 Å². The molecule has 38 heavy (non-hydrogen) atoms. The van der Waals surface area contributed by atoms with Crippen LogP contribution in [0.5, 0.6) is 5.75 Å². The van der Waals surface area contributed by atoms with Gasteiger partial charge in [0, 0.05) is 22.8 Å². The fourth-order valence-corrected chi connectivity index (χ4v) is 5.23. The summed E-state index contributed by atoms with van der Waals surface area (Å²) in [6, 6.07) is 12.2. The van der Waals surface area contributed by atoms with Crippen LogP contribution in [-0.2, 0) is 10.2 Å². The summed E-state index contributed by atoms with van der Waals surface area (Å²) in [5.74, 6) is -0.303. The first-order valence-electron chi connectivity index (χ1n) is 13.8. The van der Waals surface area contributed by atoms with Crippen LogP contribution < -0.4 is 4.74 Å². The number of benzene rings is 2. The fraction of sp³-hybridized carbons (Fsp3) is 0.562. The second kappa shape index (κ2) is 11.9. The van der Waals surface area contributed by atoms with E-state index < -0.39 is 17.1 Å². The van der Waals surface area contributed by atoms with Crippen molar-refractivity contribution in [3.05, 3.63) is 64.2 Å². The summed E-state index contributed by atoms with van der Waals surface area (Å²) >= 11 is 0. The smallest absolute Gasteiger partial charge is 0.541 e. The fourth-order valence-electron chi connectivity index (χ4n) is 5.23. The van der Waals surface area contributed by atoms with Gasteiger partial charge in [0.1, 0.15) is 17.5 Å². The summed E-state index contributed by atoms with van der Waals surface area (Å²) in [7, 11) is 1.57. The van der Waals surface area contributed by atoms with Gasteiger partial charge in [0.15, 0.2) is 5.54 Å². The molecule has 0 aromatic heterocycles. The molecule has 0 radical (unpaired) electrons. The zero-order valence-corrected chi connectivity index (χ0v) is 25.0. The highest BCUT2D eigenvalue weighted by Gasteiger charge is 2.42. The number of aryl methyl sites for hydroxylation is 2. The second-order valence-electron chi connectivity index (χ2n) is 11.1. The van der Waals surface area contributed by atoms with Gasteiger partial charge in [0.05, 0.1) is 0 Å². The molecule has 1 amide bonds. The van der Waals surface area contributed by atoms with Crippen LogP contribution >= 0.6 is 0 Å². The number of carbonyl (C=O) groups is 2. The number of amides is 1. The maximum absolute atomic E-state index is 13.2. The van der Waals surface area contributed by atoms with Crippen LogP contribution in [-0.4, -0.2) is 51.3 Å². The van der Waals surface area contributed by atoms with Crippen LogP contribution in [0.3, 0.4) is 0 Å². The molecule has 0 aliphatic rings. The van der Waals surface area contributed by atoms with E-state index in [1.165, 1.54) is 10.5 Å². The largest absolute Gasteiger partial charge is 0.563 e. The number of hydrogen-bond donors (Lipinski definition) is 1. The Labute approximate surface area is 229 Å². The van der Waals surface area contributed by atoms with Gasteiger partial charge in [0.2, 0.25) is 0 Å². The number of aliphatic hydroxyl groups is 1. The van der Waals surface area contributed by atoms with Gasteiger partial charge < -0.3 is 19.8 Å². The van der Waals surface area contributed by atoms with Crippen molar-refractivity contribution in [1.29, 1.82) is 0 Å². The van der Waals surface area contributed by atoms with Crippen molar-refractivity contribution in [2.24, 2.45) is 0 Å². The summed E-state index contributed by atoms with van der Waals surface area (Å²) in [6.45, 7) is 17.4. The average Bonchev–Trinajstić information content (AvgIpc) is 2.89. The number of nitrogens with zero attached hydrogens (tertiary/aromatic N) is 1. The summed E-state index contributed by atoms with van der Waals surface area (Å²) in [4.78, 5) is 26.4. The maximum atomic E-state index is 13.2. The molecule has 210 valence electrons. The third-order valence-corrected chi connectivity index (χ3v) is 8.93. The molecule has 0 aliphatic carbocycles. The van der Waals surface area contributed by atoms with Gasteiger partial charge in [-0.15, -0.1) is 0 Å². The number of carbonyl (C=O) groups excluding carboxylic acids is 2. The van der Waals surface area contributed by atoms with E-state index in [0.29, 0.717) is 18.4 Å². The van der Waals surface area contributed by atoms with Crippen LogP contribution in [0.15, 0.2) is 36.4 Å². The Morgan fingerprint density at radius 1 is 0.921 bits per heavy atom. The number of rotatable bonds is 12. The molecule has 0 saturated carbocycles. The summed E-state index contributed by atoms with van der Waals surface area (Å²) < 4.78 is 6.23. The molecule has 2 aromatic carbocycles. The molecule has 0 fully saturated rings. The molecule has 0 heterocycles. The molecule has 6 nitrogen and oxygen atoms in total. The molecule has 3 N–H and O–H groups in total. The van der Waals surface area contributed by atoms with Crippen LogP contribution in [0.25, 0.3) is 0 Å². The molecule has 0 saturated heterocycles. The quantitative estimate of drug-likeness (QED) is 0.352. The molecular weight excluding hydrogens is 478 g/mol. The average molecular weight is 527 g/mol. The summed E-state index contributed by atoms with van der Waals surface area (Å²) in [5.41, 5.74) is 2.36. The zero-order valence-electron chi connectivity index (χ0n) is 25.0. The van der Waals surface area contributed by atoms with Gasteiger partial charge in [-0.05, 0) is 94.7 Å². The lowest BCUT2D eigenvalue weighted by Gasteiger charge is -2.35. The Hall–Kier alpha value is -2.86. The van der Waals surface area contributed by atoms with Crippen LogP contribution in [0.4, 0.5) is 0 Å². The Morgan fingerprint density at radius 3 is 1.84 bits per heavy atom. The topological polar surface area (TPSA) is 89.7 Å². The minimum atomic E-state index is -1.21. The zero-order chi connectivity index (χ0) is 29.1. The molecule has 0 spiro atoms. The number of ether oxygens (including phenoxy) is 1. The molecule has 1 atom stereocenters. The first kappa shape index (κ1) is 31.4. The van der Waals surface area contributed by atoms with E-state index in [4.69, 9.17) is 9.84 Å². The van der Waals surface area contributed by atoms with Crippen molar-refractivity contribution in [2.75, 3.05) is 7.05 Å². The maximum Gasteiger partial charge on any atom is 0.541 e. The standard InChI is InChI=1S/C32H47NO5/c1-11-31(12-2,25-16-18-27(22(6)20-25)38-23(7)32(37,13-3)14-4)24-15-17-26(21(5)19-24)28(34)33(10)30(8,9)29(35)36/h15-20,23,37H,11-14H2,1-10H3,(H,35,36)/p+1. The van der Waals surface area contributed by atoms with E-state index in [1.54, 1.807) is 20.9 Å². The van der Waals surface area contributed by atoms with Crippen LogP contribution in [0.1, 0.15) is 107 Å². The number of likely N-dealkylation sites (N-methyl/N-ethyl adjacent to an activating group) is 1. The highest BCUT2D eigenvalue weighted by atomic mass is 16.5. The molecule has 0 bridgehead atoms. The first-order chi connectivity index (χ1) is 17.6. The highest BCUT2D eigenvalue weighted by Crippen LogP contribution is 2.41. The van der Waals surface area contributed by atoms with Crippen molar-refractivity contribution in [1.82, 2.24) is 4.90 Å². The van der Waals surface area contributed by atoms with Crippen molar-refractivity contribution >= 4 is 11.9 Å². The van der Waals surface area contributed by atoms with E-state index in [1.807, 2.05) is 52.8 Å². The van der Waals surface area contributed by atoms with Gasteiger partial charge in [-0.25, -0.2) is 0 Å². The minimum Gasteiger partial charge on any atom is -0.563 e. The third kappa shape index (κ3) is 5.75. The SMILES string of the molecule is CCC(CC)(c1ccc(OC(C)C(O)(CC)CC)c(C)c1)c1ccc(C(=O)N(C)C(C)(C)C(=O)[OH2+])c(C)c1. The van der Waals surface area contributed by atoms with E-state index in [2.05, 4.69) is 32.0 Å². The van der Waals surface area contributed by atoms with E-state index in [-0.39, 0.29) is 17.4 Å². The van der Waals surface area contributed by atoms with Gasteiger partial charge in [0.25, 0.3) is 5.91 Å². The normalized spacial score (nSPS) is 13.2. The highest BCUT2D eigenvalue weighted by molar-refractivity contribution is 5.98. The minimum absolute atomic E-state index is 0.253. The predicted molar refractivity (Wildman–Crippen MR) is 154 cm³/mol. The predicted octanol–water partition coefficient (Wildman–Crippen LogP) is 5.83. The number of hydrogen-bond acceptors (Lipinski definition) is 4. The van der Waals surface area contributed by atoms with Crippen molar-refractivity contribution in [3.63, 3.8) is 0 Å². The van der Waals surface area contributed by atoms with Crippen molar-refractivity contribution < 1.29 is 24.5 Å². The summed E-state index contributed by atoms with van der Waals surface area (Å²) in [5, 5.41) is 18.4. The van der Waals surface area contributed by atoms with E-state index in [0.717, 1.165) is 35.3 Å². The van der Waals surface area contributed by atoms with Crippen LogP contribution in [0.2, 0.25) is 0 Å². The first-order valence-corrected chi connectivity index (χ1v) is 13.8. The molecule has 1 unspecified atom stereocenters. The lowest BCUT2D eigenvalue weighted by Crippen LogP contribution is -2.50. The Kier molecular flexibility index (Phi) is 9.82. The Bertz CT molecular complexity index is 1140. The van der Waals surface area contributed by atoms with Gasteiger partial charge in [-0.1, -0.05) is 52.0 Å².